The molecular weight excluding hydrogens is 296 g/mol. The van der Waals surface area contributed by atoms with Crippen molar-refractivity contribution in [1.82, 2.24) is 0 Å². The zero-order valence-electron chi connectivity index (χ0n) is 11.3. The maximum absolute atomic E-state index is 11.8. The molecule has 7 heteroatoms. The van der Waals surface area contributed by atoms with E-state index in [9.17, 15) is 8.42 Å². The fraction of sp³-hybridized carbons (Fsp3) is 0.462. The average molecular weight is 314 g/mol. The van der Waals surface area contributed by atoms with Gasteiger partial charge in [0.25, 0.3) is 0 Å². The van der Waals surface area contributed by atoms with Crippen LogP contribution in [0.2, 0.25) is 0 Å². The summed E-state index contributed by atoms with van der Waals surface area (Å²) in [5, 5.41) is 2.80. The number of hydrogen-bond acceptors (Lipinski definition) is 5. The zero-order valence-corrected chi connectivity index (χ0v) is 12.9. The van der Waals surface area contributed by atoms with Crippen LogP contribution < -0.4 is 15.8 Å². The average Bonchev–Trinajstić information content (AvgIpc) is 2.74. The van der Waals surface area contributed by atoms with Gasteiger partial charge in [0.2, 0.25) is 0 Å². The van der Waals surface area contributed by atoms with Gasteiger partial charge in [-0.1, -0.05) is 12.2 Å². The van der Waals surface area contributed by atoms with E-state index in [1.54, 1.807) is 25.3 Å². The summed E-state index contributed by atoms with van der Waals surface area (Å²) in [6, 6.07) is 5.31. The van der Waals surface area contributed by atoms with Crippen LogP contribution in [0.5, 0.6) is 5.75 Å². The number of nitrogens with two attached hydrogens (primary N) is 1. The first kappa shape index (κ1) is 15.1. The number of sulfone groups is 1. The van der Waals surface area contributed by atoms with Crippen LogP contribution in [-0.2, 0) is 9.84 Å². The number of thiocarbonyl (C=S) groups is 1. The van der Waals surface area contributed by atoms with Crippen molar-refractivity contribution in [2.45, 2.75) is 18.1 Å². The standard InChI is InChI=1S/C13H18N2O3S2/c1-18-9-4-5-11(13(14)19)12(7-9)15-8-10-3-2-6-20(10,16)17/h4-5,7,10,15H,2-3,6,8H2,1H3,(H2,14,19). The van der Waals surface area contributed by atoms with Crippen LogP contribution in [0.4, 0.5) is 5.69 Å². The van der Waals surface area contributed by atoms with Gasteiger partial charge in [0.05, 0.1) is 18.1 Å². The number of nitrogens with one attached hydrogen (secondary N) is 1. The zero-order chi connectivity index (χ0) is 14.8. The van der Waals surface area contributed by atoms with E-state index >= 15 is 0 Å². The highest BCUT2D eigenvalue weighted by molar-refractivity contribution is 7.92. The van der Waals surface area contributed by atoms with Crippen molar-refractivity contribution < 1.29 is 13.2 Å². The van der Waals surface area contributed by atoms with Crippen molar-refractivity contribution in [2.24, 2.45) is 5.73 Å². The number of hydrogen-bond donors (Lipinski definition) is 2. The van der Waals surface area contributed by atoms with Gasteiger partial charge < -0.3 is 15.8 Å². The highest BCUT2D eigenvalue weighted by atomic mass is 32.2. The Morgan fingerprint density at radius 1 is 1.55 bits per heavy atom. The van der Waals surface area contributed by atoms with Crippen LogP contribution in [0.25, 0.3) is 0 Å². The molecule has 5 nitrogen and oxygen atoms in total. The molecule has 0 aliphatic carbocycles. The maximum atomic E-state index is 11.8. The van der Waals surface area contributed by atoms with E-state index < -0.39 is 9.84 Å². The molecule has 0 amide bonds. The summed E-state index contributed by atoms with van der Waals surface area (Å²) in [6.45, 7) is 0.366. The molecular formula is C13H18N2O3S2. The van der Waals surface area contributed by atoms with E-state index in [1.165, 1.54) is 0 Å². The molecule has 0 bridgehead atoms. The molecule has 0 aromatic heterocycles. The lowest BCUT2D eigenvalue weighted by Crippen LogP contribution is -2.26. The van der Waals surface area contributed by atoms with E-state index in [4.69, 9.17) is 22.7 Å². The summed E-state index contributed by atoms with van der Waals surface area (Å²) >= 11 is 5.00. The molecule has 1 heterocycles. The van der Waals surface area contributed by atoms with Crippen molar-refractivity contribution in [1.29, 1.82) is 0 Å². The van der Waals surface area contributed by atoms with Crippen LogP contribution >= 0.6 is 12.2 Å². The second kappa shape index (κ2) is 5.97. The van der Waals surface area contributed by atoms with Crippen molar-refractivity contribution in [3.05, 3.63) is 23.8 Å². The van der Waals surface area contributed by atoms with Crippen molar-refractivity contribution in [2.75, 3.05) is 24.7 Å². The molecule has 1 saturated heterocycles. The van der Waals surface area contributed by atoms with Crippen LogP contribution in [0.15, 0.2) is 18.2 Å². The van der Waals surface area contributed by atoms with Crippen LogP contribution in [0, 0.1) is 0 Å². The smallest absolute Gasteiger partial charge is 0.154 e. The molecule has 1 aliphatic rings. The van der Waals surface area contributed by atoms with Gasteiger partial charge in [-0.2, -0.15) is 0 Å². The van der Waals surface area contributed by atoms with E-state index in [1.807, 2.05) is 0 Å². The molecule has 1 aromatic rings. The molecule has 2 rings (SSSR count). The first-order valence-corrected chi connectivity index (χ1v) is 8.49. The van der Waals surface area contributed by atoms with Gasteiger partial charge >= 0.3 is 0 Å². The molecule has 110 valence electrons. The fourth-order valence-electron chi connectivity index (χ4n) is 2.32. The number of ether oxygens (including phenoxy) is 1. The monoisotopic (exact) mass is 314 g/mol. The van der Waals surface area contributed by atoms with Gasteiger partial charge in [-0.3, -0.25) is 0 Å². The lowest BCUT2D eigenvalue weighted by molar-refractivity contribution is 0.415. The number of benzene rings is 1. The molecule has 1 fully saturated rings. The Bertz CT molecular complexity index is 614. The lowest BCUT2D eigenvalue weighted by Gasteiger charge is -2.15. The summed E-state index contributed by atoms with van der Waals surface area (Å²) < 4.78 is 28.8. The van der Waals surface area contributed by atoms with Crippen LogP contribution in [0.3, 0.4) is 0 Å². The Morgan fingerprint density at radius 3 is 2.85 bits per heavy atom. The Morgan fingerprint density at radius 2 is 2.30 bits per heavy atom. The molecule has 1 unspecified atom stereocenters. The summed E-state index contributed by atoms with van der Waals surface area (Å²) in [7, 11) is -1.39. The number of rotatable bonds is 5. The minimum atomic E-state index is -2.96. The van der Waals surface area contributed by atoms with Gasteiger partial charge in [-0.25, -0.2) is 8.42 Å². The lowest BCUT2D eigenvalue weighted by atomic mass is 10.1. The van der Waals surface area contributed by atoms with E-state index in [0.29, 0.717) is 30.0 Å². The van der Waals surface area contributed by atoms with Crippen molar-refractivity contribution in [3.8, 4) is 5.75 Å². The molecule has 1 aliphatic heterocycles. The Balaban J connectivity index is 2.17. The summed E-state index contributed by atoms with van der Waals surface area (Å²) in [6.07, 6.45) is 1.43. The van der Waals surface area contributed by atoms with Crippen LogP contribution in [-0.4, -0.2) is 38.1 Å². The molecule has 20 heavy (non-hydrogen) atoms. The second-order valence-electron chi connectivity index (χ2n) is 4.79. The van der Waals surface area contributed by atoms with Gasteiger partial charge in [0.1, 0.15) is 10.7 Å². The van der Waals surface area contributed by atoms with Gasteiger partial charge in [-0.05, 0) is 25.0 Å². The highest BCUT2D eigenvalue weighted by Crippen LogP contribution is 2.25. The Kier molecular flexibility index (Phi) is 4.49. The Hall–Kier alpha value is -1.34. The van der Waals surface area contributed by atoms with Crippen molar-refractivity contribution >= 4 is 32.7 Å². The van der Waals surface area contributed by atoms with E-state index in [0.717, 1.165) is 6.42 Å². The van der Waals surface area contributed by atoms with Crippen molar-refractivity contribution in [3.63, 3.8) is 0 Å². The third-order valence-electron chi connectivity index (χ3n) is 3.48. The van der Waals surface area contributed by atoms with Gasteiger partial charge in [-0.15, -0.1) is 0 Å². The minimum absolute atomic E-state index is 0.268. The summed E-state index contributed by atoms with van der Waals surface area (Å²) in [5.41, 5.74) is 7.07. The maximum Gasteiger partial charge on any atom is 0.154 e. The Labute approximate surface area is 124 Å². The van der Waals surface area contributed by atoms with Gasteiger partial charge in [0.15, 0.2) is 9.84 Å². The second-order valence-corrected chi connectivity index (χ2v) is 7.63. The molecule has 1 atom stereocenters. The first-order chi connectivity index (χ1) is 9.44. The van der Waals surface area contributed by atoms with E-state index in [-0.39, 0.29) is 16.0 Å². The molecule has 0 radical (unpaired) electrons. The summed E-state index contributed by atoms with van der Waals surface area (Å²) in [4.78, 5) is 0.268. The topological polar surface area (TPSA) is 81.4 Å². The SMILES string of the molecule is COc1ccc(C(N)=S)c(NCC2CCCS2(=O)=O)c1. The largest absolute Gasteiger partial charge is 0.497 e. The summed E-state index contributed by atoms with van der Waals surface area (Å²) in [5.74, 6) is 0.946. The van der Waals surface area contributed by atoms with E-state index in [2.05, 4.69) is 5.32 Å². The molecule has 1 aromatic carbocycles. The number of anilines is 1. The fourth-order valence-corrected chi connectivity index (χ4v) is 4.27. The first-order valence-electron chi connectivity index (χ1n) is 6.37. The van der Waals surface area contributed by atoms with Crippen LogP contribution in [0.1, 0.15) is 18.4 Å². The predicted octanol–water partition coefficient (Wildman–Crippen LogP) is 1.32. The minimum Gasteiger partial charge on any atom is -0.497 e. The predicted molar refractivity (Wildman–Crippen MR) is 84.2 cm³/mol. The highest BCUT2D eigenvalue weighted by Gasteiger charge is 2.31. The normalized spacial score (nSPS) is 20.6. The molecule has 3 N–H and O–H groups in total. The number of methoxy groups -OCH3 is 1. The molecule has 0 saturated carbocycles. The third-order valence-corrected chi connectivity index (χ3v) is 5.97. The quantitative estimate of drug-likeness (QED) is 0.798. The third kappa shape index (κ3) is 3.21. The molecule has 0 spiro atoms. The van der Waals surface area contributed by atoms with Gasteiger partial charge in [0, 0.05) is 23.9 Å².